The Kier molecular flexibility index (Phi) is 8.16. The van der Waals surface area contributed by atoms with Crippen LogP contribution in [0.25, 0.3) is 0 Å². The summed E-state index contributed by atoms with van der Waals surface area (Å²) in [6.45, 7) is 0. The van der Waals surface area contributed by atoms with Gasteiger partial charge < -0.3 is 24.8 Å². The fourth-order valence-electron chi connectivity index (χ4n) is 3.59. The largest absolute Gasteiger partial charge is 0.497 e. The number of nitrogens with zero attached hydrogens (tertiary/aromatic N) is 1. The third-order valence-electron chi connectivity index (χ3n) is 5.18. The quantitative estimate of drug-likeness (QED) is 0.435. The van der Waals surface area contributed by atoms with Gasteiger partial charge in [-0.15, -0.1) is 0 Å². The van der Waals surface area contributed by atoms with Crippen LogP contribution in [0.15, 0.2) is 59.1 Å². The summed E-state index contributed by atoms with van der Waals surface area (Å²) in [4.78, 5) is 37.9. The molecule has 0 saturated carbocycles. The van der Waals surface area contributed by atoms with E-state index >= 15 is 0 Å². The summed E-state index contributed by atoms with van der Waals surface area (Å²) >= 11 is 0.998. The second-order valence-electron chi connectivity index (χ2n) is 7.13. The fourth-order valence-corrected chi connectivity index (χ4v) is 4.44. The molecule has 2 N–H and O–H groups in total. The van der Waals surface area contributed by atoms with Gasteiger partial charge in [-0.25, -0.2) is 0 Å². The number of allylic oxidation sites excluding steroid dienone is 1. The van der Waals surface area contributed by atoms with E-state index in [0.29, 0.717) is 22.7 Å². The van der Waals surface area contributed by atoms with Crippen LogP contribution >= 0.6 is 11.8 Å². The van der Waals surface area contributed by atoms with Gasteiger partial charge in [0.15, 0.2) is 0 Å². The van der Waals surface area contributed by atoms with Crippen LogP contribution in [0, 0.1) is 17.2 Å². The molecule has 0 aliphatic carbocycles. The summed E-state index contributed by atoms with van der Waals surface area (Å²) in [7, 11) is 4.19. The van der Waals surface area contributed by atoms with E-state index < -0.39 is 23.7 Å². The smallest absolute Gasteiger partial charge is 0.319 e. The molecular weight excluding hydrogens is 458 g/mol. The molecule has 2 amide bonds. The lowest BCUT2D eigenvalue weighted by Crippen LogP contribution is -2.44. The topological polar surface area (TPSA) is 127 Å². The lowest BCUT2D eigenvalue weighted by molar-refractivity contribution is -0.150. The summed E-state index contributed by atoms with van der Waals surface area (Å²) in [6, 6.07) is 15.8. The van der Waals surface area contributed by atoms with Crippen molar-refractivity contribution in [1.82, 2.24) is 5.32 Å². The number of esters is 1. The SMILES string of the molecule is COC(=O)[C@H]1C(=O)NC(SCC(=O)Nc2ccc(OC)cc2)=C(C#N)[C@H]1c1ccccc1OC. The van der Waals surface area contributed by atoms with Crippen molar-refractivity contribution in [2.45, 2.75) is 5.92 Å². The first kappa shape index (κ1) is 24.7. The molecule has 0 spiro atoms. The summed E-state index contributed by atoms with van der Waals surface area (Å²) < 4.78 is 15.3. The predicted molar refractivity (Wildman–Crippen MR) is 126 cm³/mol. The molecule has 0 bridgehead atoms. The lowest BCUT2D eigenvalue weighted by Gasteiger charge is -2.31. The van der Waals surface area contributed by atoms with E-state index in [1.165, 1.54) is 14.2 Å². The Morgan fingerprint density at radius 2 is 1.79 bits per heavy atom. The number of rotatable bonds is 8. The molecule has 0 unspecified atom stereocenters. The van der Waals surface area contributed by atoms with Gasteiger partial charge in [-0.05, 0) is 30.3 Å². The summed E-state index contributed by atoms with van der Waals surface area (Å²) in [5.74, 6) is -2.95. The van der Waals surface area contributed by atoms with Gasteiger partial charge in [0.1, 0.15) is 17.4 Å². The van der Waals surface area contributed by atoms with Gasteiger partial charge in [0.2, 0.25) is 11.8 Å². The van der Waals surface area contributed by atoms with Crippen LogP contribution in [0.1, 0.15) is 11.5 Å². The second-order valence-corrected chi connectivity index (χ2v) is 8.12. The minimum absolute atomic E-state index is 0.0750. The third kappa shape index (κ3) is 5.32. The fraction of sp³-hybridized carbons (Fsp3) is 0.250. The number of thioether (sulfide) groups is 1. The van der Waals surface area contributed by atoms with E-state index in [4.69, 9.17) is 14.2 Å². The van der Waals surface area contributed by atoms with Gasteiger partial charge in [-0.3, -0.25) is 14.4 Å². The molecule has 1 heterocycles. The average Bonchev–Trinajstić information content (AvgIpc) is 2.86. The average molecular weight is 482 g/mol. The van der Waals surface area contributed by atoms with E-state index in [9.17, 15) is 19.6 Å². The predicted octanol–water partition coefficient (Wildman–Crippen LogP) is 2.81. The molecular formula is C24H23N3O6S. The van der Waals surface area contributed by atoms with Gasteiger partial charge >= 0.3 is 5.97 Å². The highest BCUT2D eigenvalue weighted by Gasteiger charge is 2.45. The van der Waals surface area contributed by atoms with Crippen LogP contribution in [-0.4, -0.2) is 44.9 Å². The highest BCUT2D eigenvalue weighted by atomic mass is 32.2. The number of methoxy groups -OCH3 is 3. The second kappa shape index (κ2) is 11.2. The maximum atomic E-state index is 12.9. The van der Waals surface area contributed by atoms with E-state index in [1.807, 2.05) is 0 Å². The molecule has 1 aliphatic rings. The number of amides is 2. The number of nitriles is 1. The Bertz CT molecular complexity index is 1160. The van der Waals surface area contributed by atoms with Crippen LogP contribution in [-0.2, 0) is 19.1 Å². The first-order valence-corrected chi connectivity index (χ1v) is 11.1. The molecule has 34 heavy (non-hydrogen) atoms. The van der Waals surface area contributed by atoms with Gasteiger partial charge in [0.25, 0.3) is 0 Å². The minimum Gasteiger partial charge on any atom is -0.497 e. The van der Waals surface area contributed by atoms with E-state index in [1.54, 1.807) is 55.6 Å². The van der Waals surface area contributed by atoms with Crippen LogP contribution in [0.2, 0.25) is 0 Å². The van der Waals surface area contributed by atoms with Crippen molar-refractivity contribution in [1.29, 1.82) is 5.26 Å². The molecule has 3 rings (SSSR count). The Morgan fingerprint density at radius 1 is 1.09 bits per heavy atom. The molecule has 0 radical (unpaired) electrons. The maximum Gasteiger partial charge on any atom is 0.319 e. The molecule has 2 aromatic carbocycles. The van der Waals surface area contributed by atoms with Crippen LogP contribution in [0.3, 0.4) is 0 Å². The van der Waals surface area contributed by atoms with Gasteiger partial charge in [0.05, 0.1) is 43.8 Å². The number of carbonyl (C=O) groups excluding carboxylic acids is 3. The summed E-state index contributed by atoms with van der Waals surface area (Å²) in [5.41, 5.74) is 1.21. The van der Waals surface area contributed by atoms with Crippen molar-refractivity contribution >= 4 is 35.2 Å². The number of ether oxygens (including phenoxy) is 3. The van der Waals surface area contributed by atoms with E-state index in [2.05, 4.69) is 16.7 Å². The zero-order valence-electron chi connectivity index (χ0n) is 18.8. The number of anilines is 1. The third-order valence-corrected chi connectivity index (χ3v) is 6.20. The molecule has 2 atom stereocenters. The molecule has 0 saturated heterocycles. The van der Waals surface area contributed by atoms with Crippen LogP contribution in [0.5, 0.6) is 11.5 Å². The number of nitrogens with one attached hydrogen (secondary N) is 2. The summed E-state index contributed by atoms with van der Waals surface area (Å²) in [5, 5.41) is 15.5. The first-order valence-electron chi connectivity index (χ1n) is 10.2. The van der Waals surface area contributed by atoms with Crippen molar-refractivity contribution < 1.29 is 28.6 Å². The number of hydrogen-bond acceptors (Lipinski definition) is 8. The molecule has 2 aromatic rings. The van der Waals surface area contributed by atoms with Crippen molar-refractivity contribution in [2.24, 2.45) is 5.92 Å². The highest BCUT2D eigenvalue weighted by Crippen LogP contribution is 2.43. The molecule has 10 heteroatoms. The normalized spacial score (nSPS) is 17.3. The highest BCUT2D eigenvalue weighted by molar-refractivity contribution is 8.03. The first-order chi connectivity index (χ1) is 16.4. The van der Waals surface area contributed by atoms with E-state index in [-0.39, 0.29) is 22.3 Å². The van der Waals surface area contributed by atoms with Gasteiger partial charge in [-0.2, -0.15) is 5.26 Å². The zero-order chi connectivity index (χ0) is 24.7. The Balaban J connectivity index is 1.89. The minimum atomic E-state index is -1.28. The molecule has 1 aliphatic heterocycles. The van der Waals surface area contributed by atoms with Crippen molar-refractivity contribution in [3.63, 3.8) is 0 Å². The molecule has 9 nitrogen and oxygen atoms in total. The van der Waals surface area contributed by atoms with E-state index in [0.717, 1.165) is 11.8 Å². The number of hydrogen-bond donors (Lipinski definition) is 2. The van der Waals surface area contributed by atoms with Gasteiger partial charge in [-0.1, -0.05) is 30.0 Å². The zero-order valence-corrected chi connectivity index (χ0v) is 19.6. The number of benzene rings is 2. The monoisotopic (exact) mass is 481 g/mol. The maximum absolute atomic E-state index is 12.9. The Morgan fingerprint density at radius 3 is 2.41 bits per heavy atom. The molecule has 176 valence electrons. The lowest BCUT2D eigenvalue weighted by atomic mass is 9.78. The van der Waals surface area contributed by atoms with Crippen LogP contribution in [0.4, 0.5) is 5.69 Å². The standard InChI is InChI=1S/C24H23N3O6S/c1-31-15-10-8-14(9-11-15)26-19(28)13-34-23-17(12-25)20(16-6-4-5-7-18(16)32-2)21(22(29)27-23)24(30)33-3/h4-11,20-21H,13H2,1-3H3,(H,26,28)(H,27,29)/t20-,21-/m1/s1. The molecule has 0 fully saturated rings. The Hall–Kier alpha value is -3.97. The van der Waals surface area contributed by atoms with Crippen LogP contribution < -0.4 is 20.1 Å². The number of para-hydroxylation sites is 1. The molecule has 0 aromatic heterocycles. The van der Waals surface area contributed by atoms with Crippen molar-refractivity contribution in [3.05, 3.63) is 64.7 Å². The van der Waals surface area contributed by atoms with Crippen molar-refractivity contribution in [2.75, 3.05) is 32.4 Å². The Labute approximate surface area is 201 Å². The number of carbonyl (C=O) groups is 3. The summed E-state index contributed by atoms with van der Waals surface area (Å²) in [6.07, 6.45) is 0. The van der Waals surface area contributed by atoms with Gasteiger partial charge in [0, 0.05) is 17.2 Å². The van der Waals surface area contributed by atoms with Crippen molar-refractivity contribution in [3.8, 4) is 17.6 Å².